The molecule has 0 atom stereocenters. The van der Waals surface area contributed by atoms with Crippen molar-refractivity contribution in [2.45, 2.75) is 32.0 Å². The molecule has 130 valence electrons. The highest BCUT2D eigenvalue weighted by atomic mass is 32.2. The Balaban J connectivity index is 1.62. The van der Waals surface area contributed by atoms with Crippen LogP contribution in [0.1, 0.15) is 18.9 Å². The van der Waals surface area contributed by atoms with E-state index in [0.717, 1.165) is 41.0 Å². The zero-order chi connectivity index (χ0) is 17.5. The number of benzene rings is 2. The molecule has 0 saturated heterocycles. The molecule has 0 fully saturated rings. The van der Waals surface area contributed by atoms with Crippen molar-refractivity contribution in [1.29, 1.82) is 0 Å². The molecule has 5 heteroatoms. The van der Waals surface area contributed by atoms with Gasteiger partial charge in [0.05, 0.1) is 6.61 Å². The first-order valence-corrected chi connectivity index (χ1v) is 9.57. The SMILES string of the molecule is CCCn1c(SCCOc2ccc(C)cc2)nnc1-c1ccccc1. The second-order valence-corrected chi connectivity index (χ2v) is 6.90. The van der Waals surface area contributed by atoms with Crippen molar-refractivity contribution in [3.8, 4) is 17.1 Å². The standard InChI is InChI=1S/C20H23N3OS/c1-3-13-23-19(17-7-5-4-6-8-17)21-22-20(23)25-15-14-24-18-11-9-16(2)10-12-18/h4-12H,3,13-15H2,1-2H3. The predicted molar refractivity (Wildman–Crippen MR) is 103 cm³/mol. The molecule has 0 aliphatic rings. The minimum atomic E-state index is 0.646. The van der Waals surface area contributed by atoms with E-state index in [1.807, 2.05) is 30.3 Å². The molecule has 0 amide bonds. The predicted octanol–water partition coefficient (Wildman–Crippen LogP) is 4.83. The fraction of sp³-hybridized carbons (Fsp3) is 0.300. The van der Waals surface area contributed by atoms with Crippen LogP contribution in [0.25, 0.3) is 11.4 Å². The smallest absolute Gasteiger partial charge is 0.191 e. The molecule has 4 nitrogen and oxygen atoms in total. The van der Waals surface area contributed by atoms with Gasteiger partial charge in [-0.05, 0) is 25.5 Å². The van der Waals surface area contributed by atoms with Crippen molar-refractivity contribution in [2.24, 2.45) is 0 Å². The Labute approximate surface area is 153 Å². The molecule has 1 heterocycles. The van der Waals surface area contributed by atoms with Crippen LogP contribution in [0, 0.1) is 6.92 Å². The zero-order valence-electron chi connectivity index (χ0n) is 14.7. The minimum Gasteiger partial charge on any atom is -0.493 e. The summed E-state index contributed by atoms with van der Waals surface area (Å²) in [7, 11) is 0. The van der Waals surface area contributed by atoms with Crippen molar-refractivity contribution in [3.05, 3.63) is 60.2 Å². The van der Waals surface area contributed by atoms with Crippen LogP contribution in [-0.2, 0) is 6.54 Å². The Hall–Kier alpha value is -2.27. The number of hydrogen-bond donors (Lipinski definition) is 0. The lowest BCUT2D eigenvalue weighted by Crippen LogP contribution is -2.04. The molecule has 0 aliphatic heterocycles. The van der Waals surface area contributed by atoms with E-state index in [9.17, 15) is 0 Å². The van der Waals surface area contributed by atoms with Crippen molar-refractivity contribution in [1.82, 2.24) is 14.8 Å². The monoisotopic (exact) mass is 353 g/mol. The van der Waals surface area contributed by atoms with E-state index >= 15 is 0 Å². The van der Waals surface area contributed by atoms with E-state index < -0.39 is 0 Å². The van der Waals surface area contributed by atoms with Crippen LogP contribution < -0.4 is 4.74 Å². The first-order valence-electron chi connectivity index (χ1n) is 8.59. The van der Waals surface area contributed by atoms with Gasteiger partial charge in [0.15, 0.2) is 11.0 Å². The molecule has 0 aliphatic carbocycles. The number of rotatable bonds is 8. The van der Waals surface area contributed by atoms with Crippen molar-refractivity contribution in [2.75, 3.05) is 12.4 Å². The van der Waals surface area contributed by atoms with Gasteiger partial charge in [0.25, 0.3) is 0 Å². The Morgan fingerprint density at radius 3 is 2.48 bits per heavy atom. The van der Waals surface area contributed by atoms with Crippen molar-refractivity contribution in [3.63, 3.8) is 0 Å². The van der Waals surface area contributed by atoms with Crippen LogP contribution in [0.4, 0.5) is 0 Å². The van der Waals surface area contributed by atoms with Crippen molar-refractivity contribution < 1.29 is 4.74 Å². The second kappa shape index (κ2) is 8.72. The summed E-state index contributed by atoms with van der Waals surface area (Å²) in [4.78, 5) is 0. The van der Waals surface area contributed by atoms with Gasteiger partial charge >= 0.3 is 0 Å². The number of aromatic nitrogens is 3. The molecule has 0 bridgehead atoms. The fourth-order valence-corrected chi connectivity index (χ4v) is 3.33. The number of nitrogens with zero attached hydrogens (tertiary/aromatic N) is 3. The van der Waals surface area contributed by atoms with E-state index in [1.54, 1.807) is 11.8 Å². The van der Waals surface area contributed by atoms with Gasteiger partial charge in [0, 0.05) is 17.9 Å². The maximum atomic E-state index is 5.80. The fourth-order valence-electron chi connectivity index (χ4n) is 2.55. The lowest BCUT2D eigenvalue weighted by Gasteiger charge is -2.09. The first-order chi connectivity index (χ1) is 12.3. The van der Waals surface area contributed by atoms with Crippen LogP contribution in [-0.4, -0.2) is 27.1 Å². The summed E-state index contributed by atoms with van der Waals surface area (Å²) in [5.41, 5.74) is 2.34. The molecule has 1 aromatic heterocycles. The maximum Gasteiger partial charge on any atom is 0.191 e. The third-order valence-electron chi connectivity index (χ3n) is 3.80. The normalized spacial score (nSPS) is 10.8. The Kier molecular flexibility index (Phi) is 6.12. The minimum absolute atomic E-state index is 0.646. The van der Waals surface area contributed by atoms with Gasteiger partial charge in [-0.3, -0.25) is 0 Å². The van der Waals surface area contributed by atoms with Gasteiger partial charge in [-0.25, -0.2) is 0 Å². The van der Waals surface area contributed by atoms with Crippen molar-refractivity contribution >= 4 is 11.8 Å². The van der Waals surface area contributed by atoms with Crippen LogP contribution in [0.5, 0.6) is 5.75 Å². The van der Waals surface area contributed by atoms with Crippen LogP contribution in [0.3, 0.4) is 0 Å². The third kappa shape index (κ3) is 4.63. The van der Waals surface area contributed by atoms with E-state index in [0.29, 0.717) is 6.61 Å². The quantitative estimate of drug-likeness (QED) is 0.429. The van der Waals surface area contributed by atoms with Gasteiger partial charge in [0.2, 0.25) is 0 Å². The summed E-state index contributed by atoms with van der Waals surface area (Å²) in [5, 5.41) is 9.74. The van der Waals surface area contributed by atoms with E-state index in [-0.39, 0.29) is 0 Å². The topological polar surface area (TPSA) is 39.9 Å². The summed E-state index contributed by atoms with van der Waals surface area (Å²) in [6.07, 6.45) is 1.05. The Bertz CT molecular complexity index is 784. The lowest BCUT2D eigenvalue weighted by molar-refractivity contribution is 0.343. The Morgan fingerprint density at radius 2 is 1.76 bits per heavy atom. The van der Waals surface area contributed by atoms with Crippen LogP contribution >= 0.6 is 11.8 Å². The maximum absolute atomic E-state index is 5.80. The molecule has 3 aromatic rings. The average molecular weight is 353 g/mol. The Morgan fingerprint density at radius 1 is 1.00 bits per heavy atom. The van der Waals surface area contributed by atoms with Gasteiger partial charge in [-0.15, -0.1) is 10.2 Å². The summed E-state index contributed by atoms with van der Waals surface area (Å²) in [6.45, 7) is 5.81. The summed E-state index contributed by atoms with van der Waals surface area (Å²) >= 11 is 1.69. The molecule has 25 heavy (non-hydrogen) atoms. The molecule has 0 N–H and O–H groups in total. The molecule has 0 radical (unpaired) electrons. The lowest BCUT2D eigenvalue weighted by atomic mass is 10.2. The highest BCUT2D eigenvalue weighted by Gasteiger charge is 2.13. The van der Waals surface area contributed by atoms with Gasteiger partial charge in [-0.2, -0.15) is 0 Å². The molecule has 0 unspecified atom stereocenters. The second-order valence-electron chi connectivity index (χ2n) is 5.83. The highest BCUT2D eigenvalue weighted by Crippen LogP contribution is 2.24. The molecule has 0 spiro atoms. The molecular formula is C20H23N3OS. The first kappa shape index (κ1) is 17.5. The highest BCUT2D eigenvalue weighted by molar-refractivity contribution is 7.99. The molecule has 3 rings (SSSR count). The molecule has 0 saturated carbocycles. The van der Waals surface area contributed by atoms with Crippen LogP contribution in [0.2, 0.25) is 0 Å². The summed E-state index contributed by atoms with van der Waals surface area (Å²) in [6, 6.07) is 18.4. The number of thioether (sulfide) groups is 1. The third-order valence-corrected chi connectivity index (χ3v) is 4.73. The summed E-state index contributed by atoms with van der Waals surface area (Å²) in [5.74, 6) is 2.68. The number of aryl methyl sites for hydroxylation is 1. The summed E-state index contributed by atoms with van der Waals surface area (Å²) < 4.78 is 8.00. The molecule has 2 aromatic carbocycles. The van der Waals surface area contributed by atoms with E-state index in [1.165, 1.54) is 5.56 Å². The van der Waals surface area contributed by atoms with Gasteiger partial charge in [0.1, 0.15) is 5.75 Å². The number of ether oxygens (including phenoxy) is 1. The molecular weight excluding hydrogens is 330 g/mol. The van der Waals surface area contributed by atoms with E-state index in [2.05, 4.69) is 52.9 Å². The van der Waals surface area contributed by atoms with Gasteiger partial charge < -0.3 is 9.30 Å². The largest absolute Gasteiger partial charge is 0.493 e. The van der Waals surface area contributed by atoms with E-state index in [4.69, 9.17) is 4.74 Å². The number of hydrogen-bond acceptors (Lipinski definition) is 4. The van der Waals surface area contributed by atoms with Gasteiger partial charge in [-0.1, -0.05) is 66.7 Å². The zero-order valence-corrected chi connectivity index (χ0v) is 15.5. The average Bonchev–Trinajstić information content (AvgIpc) is 3.04. The van der Waals surface area contributed by atoms with Crippen LogP contribution in [0.15, 0.2) is 59.8 Å².